The summed E-state index contributed by atoms with van der Waals surface area (Å²) in [5.41, 5.74) is 3.62. The number of amides is 1. The third-order valence-corrected chi connectivity index (χ3v) is 6.51. The summed E-state index contributed by atoms with van der Waals surface area (Å²) in [6.07, 6.45) is 3.27. The molecule has 6 nitrogen and oxygen atoms in total. The Kier molecular flexibility index (Phi) is 5.98. The maximum absolute atomic E-state index is 12.1. The van der Waals surface area contributed by atoms with E-state index in [2.05, 4.69) is 63.7 Å². The molecule has 1 aliphatic heterocycles. The minimum Gasteiger partial charge on any atom is -0.335 e. The summed E-state index contributed by atoms with van der Waals surface area (Å²) in [6.45, 7) is 1.22. The second-order valence-corrected chi connectivity index (χ2v) is 8.64. The molecule has 0 bridgehead atoms. The smallest absolute Gasteiger partial charge is 0.223 e. The lowest BCUT2D eigenvalue weighted by molar-refractivity contribution is -0.128. The second kappa shape index (κ2) is 9.36. The number of hydrogen-bond acceptors (Lipinski definition) is 5. The Morgan fingerprint density at radius 1 is 0.875 bits per heavy atom. The van der Waals surface area contributed by atoms with Gasteiger partial charge in [-0.05, 0) is 35.2 Å². The highest BCUT2D eigenvalue weighted by Crippen LogP contribution is 2.27. The molecule has 1 amide bonds. The third kappa shape index (κ3) is 4.43. The summed E-state index contributed by atoms with van der Waals surface area (Å²) < 4.78 is 1.97. The zero-order valence-electron chi connectivity index (χ0n) is 17.6. The van der Waals surface area contributed by atoms with Crippen molar-refractivity contribution >= 4 is 17.7 Å². The van der Waals surface area contributed by atoms with E-state index in [1.807, 2.05) is 33.7 Å². The van der Waals surface area contributed by atoms with Gasteiger partial charge in [-0.3, -0.25) is 9.36 Å². The fourth-order valence-corrected chi connectivity index (χ4v) is 4.74. The number of hydrogen-bond donors (Lipinski definition) is 0. The number of likely N-dealkylation sites (tertiary alicyclic amines) is 1. The molecule has 160 valence electrons. The topological polar surface area (TPSA) is 63.9 Å². The average molecular weight is 442 g/mol. The summed E-state index contributed by atoms with van der Waals surface area (Å²) in [5.74, 6) is 2.44. The lowest BCUT2D eigenvalue weighted by atomic mass is 10.0. The van der Waals surface area contributed by atoms with E-state index < -0.39 is 0 Å². The Morgan fingerprint density at radius 3 is 2.38 bits per heavy atom. The molecule has 0 spiro atoms. The lowest BCUT2D eigenvalue weighted by Crippen LogP contribution is -2.25. The van der Waals surface area contributed by atoms with Crippen LogP contribution in [0.4, 0.5) is 0 Å². The molecule has 0 atom stereocenters. The first-order chi connectivity index (χ1) is 15.8. The largest absolute Gasteiger partial charge is 0.335 e. The predicted molar refractivity (Wildman–Crippen MR) is 125 cm³/mol. The van der Waals surface area contributed by atoms with Gasteiger partial charge < -0.3 is 4.90 Å². The van der Waals surface area contributed by atoms with Gasteiger partial charge in [0.05, 0.1) is 6.54 Å². The van der Waals surface area contributed by atoms with E-state index in [4.69, 9.17) is 0 Å². The Hall–Kier alpha value is -3.45. The number of pyridine rings is 1. The summed E-state index contributed by atoms with van der Waals surface area (Å²) in [7, 11) is 0. The van der Waals surface area contributed by atoms with Crippen LogP contribution in [-0.2, 0) is 17.1 Å². The Balaban J connectivity index is 1.36. The minimum atomic E-state index is 0.174. The standard InChI is InChI=1S/C25H23N5OS/c31-24-10-6-16-29(24)17-23-27-28-25(30(23)22-9-4-5-15-26-22)32-18-19-11-13-21(14-12-19)20-7-2-1-3-8-20/h1-5,7-9,11-15H,6,10,16-18H2. The average Bonchev–Trinajstić information content (AvgIpc) is 3.45. The summed E-state index contributed by atoms with van der Waals surface area (Å²) in [4.78, 5) is 18.5. The van der Waals surface area contributed by atoms with Crippen molar-refractivity contribution < 1.29 is 4.79 Å². The van der Waals surface area contributed by atoms with Crippen LogP contribution in [-0.4, -0.2) is 37.1 Å². The number of carbonyl (C=O) groups is 1. The minimum absolute atomic E-state index is 0.174. The fourth-order valence-electron chi connectivity index (χ4n) is 3.83. The molecule has 0 unspecified atom stereocenters. The lowest BCUT2D eigenvalue weighted by Gasteiger charge is -2.16. The zero-order chi connectivity index (χ0) is 21.8. The van der Waals surface area contributed by atoms with Crippen molar-refractivity contribution in [3.05, 3.63) is 90.4 Å². The van der Waals surface area contributed by atoms with Gasteiger partial charge in [-0.15, -0.1) is 10.2 Å². The van der Waals surface area contributed by atoms with Crippen molar-refractivity contribution in [1.82, 2.24) is 24.6 Å². The molecule has 2 aromatic heterocycles. The van der Waals surface area contributed by atoms with Crippen LogP contribution in [0.3, 0.4) is 0 Å². The molecule has 0 radical (unpaired) electrons. The van der Waals surface area contributed by atoms with Crippen LogP contribution in [0.1, 0.15) is 24.2 Å². The number of carbonyl (C=O) groups excluding carboxylic acids is 1. The number of nitrogens with zero attached hydrogens (tertiary/aromatic N) is 5. The van der Waals surface area contributed by atoms with E-state index >= 15 is 0 Å². The Morgan fingerprint density at radius 2 is 1.66 bits per heavy atom. The highest BCUT2D eigenvalue weighted by atomic mass is 32.2. The van der Waals surface area contributed by atoms with Crippen LogP contribution in [0.15, 0.2) is 84.1 Å². The molecule has 2 aromatic carbocycles. The SMILES string of the molecule is O=C1CCCN1Cc1nnc(SCc2ccc(-c3ccccc3)cc2)n1-c1ccccn1. The van der Waals surface area contributed by atoms with Crippen molar-refractivity contribution in [1.29, 1.82) is 0 Å². The molecule has 5 rings (SSSR count). The molecule has 1 aliphatic rings. The van der Waals surface area contributed by atoms with Gasteiger partial charge in [0.15, 0.2) is 11.0 Å². The third-order valence-electron chi connectivity index (χ3n) is 5.51. The van der Waals surface area contributed by atoms with Crippen molar-refractivity contribution in [3.8, 4) is 16.9 Å². The van der Waals surface area contributed by atoms with Crippen molar-refractivity contribution in [2.45, 2.75) is 30.3 Å². The zero-order valence-corrected chi connectivity index (χ0v) is 18.4. The van der Waals surface area contributed by atoms with Gasteiger partial charge in [0, 0.05) is 24.9 Å². The van der Waals surface area contributed by atoms with E-state index in [-0.39, 0.29) is 5.91 Å². The van der Waals surface area contributed by atoms with E-state index in [9.17, 15) is 4.79 Å². The van der Waals surface area contributed by atoms with Crippen molar-refractivity contribution in [2.24, 2.45) is 0 Å². The van der Waals surface area contributed by atoms with E-state index in [1.54, 1.807) is 18.0 Å². The first-order valence-corrected chi connectivity index (χ1v) is 11.7. The van der Waals surface area contributed by atoms with Gasteiger partial charge in [0.25, 0.3) is 0 Å². The van der Waals surface area contributed by atoms with Crippen LogP contribution in [0, 0.1) is 0 Å². The summed E-state index contributed by atoms with van der Waals surface area (Å²) in [6, 6.07) is 24.8. The van der Waals surface area contributed by atoms with E-state index in [1.165, 1.54) is 16.7 Å². The molecule has 0 aliphatic carbocycles. The highest BCUT2D eigenvalue weighted by Gasteiger charge is 2.24. The molecule has 0 saturated carbocycles. The summed E-state index contributed by atoms with van der Waals surface area (Å²) in [5, 5.41) is 9.63. The fraction of sp³-hybridized carbons (Fsp3) is 0.200. The van der Waals surface area contributed by atoms with Crippen LogP contribution in [0.2, 0.25) is 0 Å². The molecule has 3 heterocycles. The van der Waals surface area contributed by atoms with Crippen LogP contribution >= 0.6 is 11.8 Å². The van der Waals surface area contributed by atoms with Crippen molar-refractivity contribution in [3.63, 3.8) is 0 Å². The highest BCUT2D eigenvalue weighted by molar-refractivity contribution is 7.98. The van der Waals surface area contributed by atoms with Crippen LogP contribution in [0.5, 0.6) is 0 Å². The number of rotatable bonds is 7. The maximum atomic E-state index is 12.1. The number of aromatic nitrogens is 4. The Bertz CT molecular complexity index is 1190. The Labute approximate surface area is 191 Å². The maximum Gasteiger partial charge on any atom is 0.223 e. The normalized spacial score (nSPS) is 13.6. The van der Waals surface area contributed by atoms with Gasteiger partial charge in [-0.1, -0.05) is 72.4 Å². The first kappa shape index (κ1) is 20.5. The molecule has 1 fully saturated rings. The molecule has 1 saturated heterocycles. The molecule has 4 aromatic rings. The van der Waals surface area contributed by atoms with Gasteiger partial charge in [-0.2, -0.15) is 0 Å². The quantitative estimate of drug-likeness (QED) is 0.388. The van der Waals surface area contributed by atoms with E-state index in [0.717, 1.165) is 35.5 Å². The summed E-state index contributed by atoms with van der Waals surface area (Å²) >= 11 is 1.62. The number of thioether (sulfide) groups is 1. The van der Waals surface area contributed by atoms with Gasteiger partial charge in [-0.25, -0.2) is 4.98 Å². The monoisotopic (exact) mass is 441 g/mol. The van der Waals surface area contributed by atoms with Gasteiger partial charge >= 0.3 is 0 Å². The predicted octanol–water partition coefficient (Wildman–Crippen LogP) is 4.74. The molecular weight excluding hydrogens is 418 g/mol. The molecule has 32 heavy (non-hydrogen) atoms. The van der Waals surface area contributed by atoms with Gasteiger partial charge in [0.1, 0.15) is 5.82 Å². The van der Waals surface area contributed by atoms with Gasteiger partial charge in [0.2, 0.25) is 5.91 Å². The van der Waals surface area contributed by atoms with Crippen LogP contribution in [0.25, 0.3) is 16.9 Å². The molecular formula is C25H23N5OS. The molecule has 7 heteroatoms. The first-order valence-electron chi connectivity index (χ1n) is 10.7. The van der Waals surface area contributed by atoms with Crippen LogP contribution < -0.4 is 0 Å². The van der Waals surface area contributed by atoms with Crippen molar-refractivity contribution in [2.75, 3.05) is 6.54 Å². The van der Waals surface area contributed by atoms with E-state index in [0.29, 0.717) is 13.0 Å². The molecule has 0 N–H and O–H groups in total. The number of benzene rings is 2. The second-order valence-electron chi connectivity index (χ2n) is 7.69.